The molecule has 132 valence electrons. The first-order valence-corrected chi connectivity index (χ1v) is 7.89. The van der Waals surface area contributed by atoms with E-state index in [9.17, 15) is 28.9 Å². The zero-order valence-corrected chi connectivity index (χ0v) is 17.3. The van der Waals surface area contributed by atoms with Crippen molar-refractivity contribution in [2.45, 2.75) is 12.2 Å². The van der Waals surface area contributed by atoms with Crippen LogP contribution in [-0.4, -0.2) is 116 Å². The first kappa shape index (κ1) is 28.5. The van der Waals surface area contributed by atoms with Gasteiger partial charge in [0.2, 0.25) is 0 Å². The molecule has 0 amide bonds. The SMILES string of the molecule is O=C([O-])C(O)COP(=O)(O)O.O=C([O-])C(O)COP(=O)(O)O.[Ba+2]. The summed E-state index contributed by atoms with van der Waals surface area (Å²) in [6, 6.07) is 0. The molecule has 0 aliphatic carbocycles. The molecule has 0 saturated carbocycles. The van der Waals surface area contributed by atoms with Crippen LogP contribution >= 0.6 is 15.6 Å². The molecule has 0 aliphatic rings. The van der Waals surface area contributed by atoms with Gasteiger partial charge in [-0.15, -0.1) is 0 Å². The van der Waals surface area contributed by atoms with Gasteiger partial charge in [-0.2, -0.15) is 0 Å². The largest absolute Gasteiger partial charge is 2.00 e. The van der Waals surface area contributed by atoms with Crippen LogP contribution in [-0.2, 0) is 27.8 Å². The Kier molecular flexibility index (Phi) is 16.0. The van der Waals surface area contributed by atoms with E-state index in [1.165, 1.54) is 0 Å². The van der Waals surface area contributed by atoms with Crippen molar-refractivity contribution in [2.75, 3.05) is 13.2 Å². The van der Waals surface area contributed by atoms with Gasteiger partial charge in [-0.1, -0.05) is 0 Å². The van der Waals surface area contributed by atoms with E-state index in [0.29, 0.717) is 0 Å². The summed E-state index contributed by atoms with van der Waals surface area (Å²) < 4.78 is 27.1. The average Bonchev–Trinajstić information content (AvgIpc) is 2.31. The molecule has 0 aromatic carbocycles. The second-order valence-corrected chi connectivity index (χ2v) is 5.72. The van der Waals surface area contributed by atoms with Crippen LogP contribution in [0.1, 0.15) is 0 Å². The molecule has 17 heteroatoms. The van der Waals surface area contributed by atoms with Crippen molar-refractivity contribution in [1.29, 1.82) is 0 Å². The van der Waals surface area contributed by atoms with Crippen molar-refractivity contribution >= 4 is 76.5 Å². The number of aliphatic carboxylic acids is 2. The van der Waals surface area contributed by atoms with Gasteiger partial charge in [-0.25, -0.2) is 9.13 Å². The standard InChI is InChI=1S/2C3H7O7P.Ba/c2*4-2(3(5)6)1-10-11(7,8)9;/h2*2,4H,1H2,(H,5,6)(H2,7,8,9);/q;;+2/p-2. The van der Waals surface area contributed by atoms with Crippen molar-refractivity contribution in [3.8, 4) is 0 Å². The summed E-state index contributed by atoms with van der Waals surface area (Å²) in [5.74, 6) is -3.70. The van der Waals surface area contributed by atoms with Crippen LogP contribution in [0.25, 0.3) is 0 Å². The average molecular weight is 507 g/mol. The second-order valence-electron chi connectivity index (χ2n) is 3.24. The Labute approximate surface area is 168 Å². The summed E-state index contributed by atoms with van der Waals surface area (Å²) in [5.41, 5.74) is 0. The second kappa shape index (κ2) is 12.9. The maximum atomic E-state index is 9.91. The first-order valence-electron chi connectivity index (χ1n) is 4.83. The van der Waals surface area contributed by atoms with Crippen LogP contribution in [0.15, 0.2) is 0 Å². The normalized spacial score (nSPS) is 13.8. The minimum Gasteiger partial charge on any atom is -0.547 e. The van der Waals surface area contributed by atoms with E-state index in [1.807, 2.05) is 0 Å². The number of aliphatic hydroxyl groups is 2. The molecule has 0 heterocycles. The Hall–Kier alpha value is 0.651. The van der Waals surface area contributed by atoms with Crippen LogP contribution < -0.4 is 10.2 Å². The number of phosphoric acid groups is 2. The Bertz CT molecular complexity index is 412. The summed E-state index contributed by atoms with van der Waals surface area (Å²) in [5, 5.41) is 36.2. The third-order valence-electron chi connectivity index (χ3n) is 1.35. The molecule has 0 fully saturated rings. The molecule has 0 radical (unpaired) electrons. The third-order valence-corrected chi connectivity index (χ3v) is 2.32. The van der Waals surface area contributed by atoms with Gasteiger partial charge in [-0.3, -0.25) is 9.05 Å². The van der Waals surface area contributed by atoms with Crippen molar-refractivity contribution in [2.24, 2.45) is 0 Å². The topological polar surface area (TPSA) is 254 Å². The molecule has 23 heavy (non-hydrogen) atoms. The van der Waals surface area contributed by atoms with E-state index in [1.54, 1.807) is 0 Å². The monoisotopic (exact) mass is 508 g/mol. The molecule has 0 spiro atoms. The number of aliphatic hydroxyl groups excluding tert-OH is 2. The minimum atomic E-state index is -4.71. The van der Waals surface area contributed by atoms with Crippen molar-refractivity contribution in [1.82, 2.24) is 0 Å². The van der Waals surface area contributed by atoms with Gasteiger partial charge in [0.25, 0.3) is 0 Å². The number of carboxylic acids is 2. The first-order chi connectivity index (χ1) is 9.65. The fraction of sp³-hybridized carbons (Fsp3) is 0.667. The van der Waals surface area contributed by atoms with E-state index >= 15 is 0 Å². The van der Waals surface area contributed by atoms with E-state index in [0.717, 1.165) is 0 Å². The molecule has 2 atom stereocenters. The predicted octanol–water partition coefficient (Wildman–Crippen LogP) is -5.97. The number of carboxylic acid groups (broad SMARTS) is 2. The Morgan fingerprint density at radius 2 is 1.04 bits per heavy atom. The van der Waals surface area contributed by atoms with Crippen LogP contribution in [0.5, 0.6) is 0 Å². The molecule has 2 unspecified atom stereocenters. The molecule has 14 nitrogen and oxygen atoms in total. The zero-order valence-electron chi connectivity index (χ0n) is 11.1. The molecule has 0 bridgehead atoms. The maximum Gasteiger partial charge on any atom is 2.00 e. The van der Waals surface area contributed by atoms with Gasteiger partial charge in [-0.05, 0) is 0 Å². The fourth-order valence-corrected chi connectivity index (χ4v) is 1.14. The maximum absolute atomic E-state index is 9.91. The number of hydrogen-bond acceptors (Lipinski definition) is 10. The van der Waals surface area contributed by atoms with Crippen molar-refractivity contribution < 1.29 is 67.8 Å². The van der Waals surface area contributed by atoms with Crippen molar-refractivity contribution in [3.05, 3.63) is 0 Å². The Morgan fingerprint density at radius 1 is 0.826 bits per heavy atom. The van der Waals surface area contributed by atoms with E-state index in [-0.39, 0.29) is 48.9 Å². The Balaban J connectivity index is -0.000000333. The molecule has 0 aromatic heterocycles. The molecule has 6 N–H and O–H groups in total. The number of carbonyl (C=O) groups excluding carboxylic acids is 2. The van der Waals surface area contributed by atoms with Gasteiger partial charge in [0.05, 0.1) is 25.2 Å². The number of carbonyl (C=O) groups is 2. The van der Waals surface area contributed by atoms with Crippen LogP contribution in [0, 0.1) is 0 Å². The summed E-state index contributed by atoms with van der Waals surface area (Å²) in [6.07, 6.45) is -4.05. The van der Waals surface area contributed by atoms with Crippen molar-refractivity contribution in [3.63, 3.8) is 0 Å². The summed E-state index contributed by atoms with van der Waals surface area (Å²) in [6.45, 7) is -1.99. The minimum absolute atomic E-state index is 0. The summed E-state index contributed by atoms with van der Waals surface area (Å²) in [7, 11) is -9.42. The fourth-order valence-electron chi connectivity index (χ4n) is 0.471. The van der Waals surface area contributed by atoms with Crippen LogP contribution in [0.3, 0.4) is 0 Å². The third kappa shape index (κ3) is 22.7. The van der Waals surface area contributed by atoms with E-state index < -0.39 is 53.0 Å². The Morgan fingerprint density at radius 3 is 1.17 bits per heavy atom. The van der Waals surface area contributed by atoms with Crippen LogP contribution in [0.4, 0.5) is 0 Å². The molecule has 0 aromatic rings. The molecule has 0 saturated heterocycles. The zero-order chi connectivity index (χ0) is 18.1. The predicted molar refractivity (Wildman–Crippen MR) is 63.8 cm³/mol. The van der Waals surface area contributed by atoms with Gasteiger partial charge < -0.3 is 49.6 Å². The van der Waals surface area contributed by atoms with E-state index in [2.05, 4.69) is 9.05 Å². The summed E-state index contributed by atoms with van der Waals surface area (Å²) in [4.78, 5) is 51.5. The van der Waals surface area contributed by atoms with Gasteiger partial charge >= 0.3 is 64.5 Å². The molecule has 0 rings (SSSR count). The van der Waals surface area contributed by atoms with Crippen LogP contribution in [0.2, 0.25) is 0 Å². The van der Waals surface area contributed by atoms with Gasteiger partial charge in [0.15, 0.2) is 0 Å². The van der Waals surface area contributed by atoms with Gasteiger partial charge in [0, 0.05) is 0 Å². The smallest absolute Gasteiger partial charge is 0.547 e. The molecular formula is C6H12BaO14P2. The quantitative estimate of drug-likeness (QED) is 0.132. The van der Waals surface area contributed by atoms with Gasteiger partial charge in [0.1, 0.15) is 12.2 Å². The summed E-state index contributed by atoms with van der Waals surface area (Å²) >= 11 is 0. The van der Waals surface area contributed by atoms with E-state index in [4.69, 9.17) is 29.8 Å². The number of phosphoric ester groups is 2. The molecule has 0 aliphatic heterocycles. The molecular weight excluding hydrogens is 495 g/mol. The number of hydrogen-bond donors (Lipinski definition) is 6. The number of rotatable bonds is 8.